The Bertz CT molecular complexity index is 236. The summed E-state index contributed by atoms with van der Waals surface area (Å²) in [5, 5.41) is 5.93. The van der Waals surface area contributed by atoms with E-state index >= 15 is 0 Å². The van der Waals surface area contributed by atoms with Crippen LogP contribution < -0.4 is 5.32 Å². The van der Waals surface area contributed by atoms with Crippen molar-refractivity contribution in [1.29, 1.82) is 5.53 Å². The van der Waals surface area contributed by atoms with Gasteiger partial charge in [-0.1, -0.05) is 0 Å². The quantitative estimate of drug-likeness (QED) is 0.180. The van der Waals surface area contributed by atoms with Gasteiger partial charge in [-0.15, -0.1) is 0 Å². The molecule has 0 aliphatic rings. The molecule has 0 saturated carbocycles. The maximum Gasteiger partial charge on any atom is 0.256 e. The second-order valence-electron chi connectivity index (χ2n) is 2.86. The van der Waals surface area contributed by atoms with Crippen LogP contribution in [0.5, 0.6) is 0 Å². The van der Waals surface area contributed by atoms with E-state index in [-0.39, 0.29) is 5.91 Å². The van der Waals surface area contributed by atoms with E-state index in [1.54, 1.807) is 0 Å². The summed E-state index contributed by atoms with van der Waals surface area (Å²) in [4.78, 5) is 11.4. The van der Waals surface area contributed by atoms with Gasteiger partial charge in [-0.25, -0.2) is 5.53 Å². The lowest BCUT2D eigenvalue weighted by Crippen LogP contribution is -2.35. The highest BCUT2D eigenvalue weighted by Crippen LogP contribution is 2.35. The molecule has 0 aliphatic carbocycles. The molecule has 0 aromatic carbocycles. The van der Waals surface area contributed by atoms with Crippen molar-refractivity contribution in [2.75, 3.05) is 39.5 Å². The molecule has 0 fully saturated rings. The number of ether oxygens (including phenoxy) is 2. The third-order valence-corrected chi connectivity index (χ3v) is 2.98. The lowest BCUT2D eigenvalue weighted by atomic mass is 10.6. The predicted octanol–water partition coefficient (Wildman–Crippen LogP) is 2.13. The van der Waals surface area contributed by atoms with E-state index in [0.29, 0.717) is 39.5 Å². The zero-order valence-electron chi connectivity index (χ0n) is 9.05. The van der Waals surface area contributed by atoms with Crippen LogP contribution in [-0.2, 0) is 14.3 Å². The Morgan fingerprint density at radius 2 is 1.76 bits per heavy atom. The first-order valence-corrected chi connectivity index (χ1v) is 8.06. The van der Waals surface area contributed by atoms with E-state index in [4.69, 9.17) is 15.0 Å². The van der Waals surface area contributed by atoms with E-state index in [1.165, 1.54) is 0 Å². The summed E-state index contributed by atoms with van der Waals surface area (Å²) in [7, 11) is 0. The van der Waals surface area contributed by atoms with Crippen LogP contribution in [0.1, 0.15) is 0 Å². The molecule has 0 bridgehead atoms. The Balaban J connectivity index is 3.24. The number of carbonyl (C=O) groups excluding carboxylic acids is 1. The van der Waals surface area contributed by atoms with Gasteiger partial charge in [-0.05, 0) is 67.8 Å². The summed E-state index contributed by atoms with van der Waals surface area (Å²) in [5.74, 6) is -0.0174. The van der Waals surface area contributed by atoms with Crippen LogP contribution in [0.3, 0.4) is 0 Å². The topological polar surface area (TPSA) is 83.8 Å². The van der Waals surface area contributed by atoms with E-state index in [1.807, 2.05) is 0 Å². The van der Waals surface area contributed by atoms with Gasteiger partial charge in [0.15, 0.2) is 0 Å². The average Bonchev–Trinajstić information content (AvgIpc) is 2.25. The van der Waals surface area contributed by atoms with E-state index in [0.717, 1.165) is 0 Å². The molecule has 0 aliphatic heterocycles. The first kappa shape index (κ1) is 18.2. The average molecular weight is 581 g/mol. The summed E-state index contributed by atoms with van der Waals surface area (Å²) in [6.45, 7) is 2.77. The van der Waals surface area contributed by atoms with Crippen molar-refractivity contribution in [3.05, 3.63) is 0 Å². The van der Waals surface area contributed by atoms with E-state index in [9.17, 15) is 4.79 Å². The molecule has 0 heterocycles. The molecule has 0 rings (SSSR count). The van der Waals surface area contributed by atoms with Gasteiger partial charge in [0, 0.05) is 6.54 Å². The Morgan fingerprint density at radius 1 is 1.18 bits per heavy atom. The predicted molar refractivity (Wildman–Crippen MR) is 89.5 cm³/mol. The highest BCUT2D eigenvalue weighted by atomic mass is 127. The van der Waals surface area contributed by atoms with Crippen LogP contribution in [-0.4, -0.2) is 44.9 Å². The van der Waals surface area contributed by atoms with Crippen molar-refractivity contribution < 1.29 is 14.3 Å². The maximum atomic E-state index is 11.4. The summed E-state index contributed by atoms with van der Waals surface area (Å²) in [6.07, 6.45) is 0. The first-order valence-electron chi connectivity index (χ1n) is 4.82. The largest absolute Gasteiger partial charge is 0.377 e. The van der Waals surface area contributed by atoms with Crippen molar-refractivity contribution in [1.82, 2.24) is 5.32 Å². The molecule has 0 spiro atoms. The SMILES string of the molecule is N=NCCOCCOCCNC(=O)C(I)(I)I. The molecular weight excluding hydrogens is 567 g/mol. The Kier molecular flexibility index (Phi) is 11.8. The summed E-state index contributed by atoms with van der Waals surface area (Å²) >= 11 is 6.20. The minimum Gasteiger partial charge on any atom is -0.377 e. The Hall–Kier alpha value is 1.18. The summed E-state index contributed by atoms with van der Waals surface area (Å²) in [5.41, 5.74) is 6.54. The normalized spacial score (nSPS) is 11.2. The first-order chi connectivity index (χ1) is 7.98. The van der Waals surface area contributed by atoms with Gasteiger partial charge >= 0.3 is 0 Å². The van der Waals surface area contributed by atoms with Gasteiger partial charge in [-0.2, -0.15) is 5.11 Å². The molecule has 0 radical (unpaired) electrons. The number of hydrogen-bond donors (Lipinski definition) is 2. The number of carbonyl (C=O) groups is 1. The second-order valence-corrected chi connectivity index (χ2v) is 13.9. The monoisotopic (exact) mass is 581 g/mol. The van der Waals surface area contributed by atoms with Crippen LogP contribution in [0.2, 0.25) is 0 Å². The van der Waals surface area contributed by atoms with E-state index < -0.39 is -0.565 Å². The molecule has 0 atom stereocenters. The summed E-state index contributed by atoms with van der Waals surface area (Å²) in [6, 6.07) is 0. The third-order valence-electron chi connectivity index (χ3n) is 1.51. The standard InChI is InChI=1S/C8H14I3N3O3/c9-8(10,11)7(15)13-1-3-16-5-6-17-4-2-14-12/h12H,1-6H2,(H,13,15). The minimum atomic E-state index is -0.448. The van der Waals surface area contributed by atoms with Gasteiger partial charge in [0.05, 0.1) is 33.0 Å². The number of halogens is 3. The molecule has 0 aromatic heterocycles. The molecule has 6 nitrogen and oxygen atoms in total. The van der Waals surface area contributed by atoms with Crippen molar-refractivity contribution >= 4 is 73.7 Å². The lowest BCUT2D eigenvalue weighted by Gasteiger charge is -2.12. The molecular formula is C8H14I3N3O3. The van der Waals surface area contributed by atoms with Crippen molar-refractivity contribution in [2.24, 2.45) is 5.11 Å². The number of nitrogens with zero attached hydrogens (tertiary/aromatic N) is 1. The Labute approximate surface area is 141 Å². The van der Waals surface area contributed by atoms with Gasteiger partial charge in [-0.3, -0.25) is 4.79 Å². The highest BCUT2D eigenvalue weighted by molar-refractivity contribution is 14.3. The highest BCUT2D eigenvalue weighted by Gasteiger charge is 2.27. The zero-order valence-corrected chi connectivity index (χ0v) is 15.5. The van der Waals surface area contributed by atoms with Gasteiger partial charge in [0.2, 0.25) is -0.565 Å². The molecule has 0 aromatic rings. The lowest BCUT2D eigenvalue weighted by molar-refractivity contribution is -0.119. The van der Waals surface area contributed by atoms with Crippen LogP contribution in [0.15, 0.2) is 5.11 Å². The fraction of sp³-hybridized carbons (Fsp3) is 0.875. The van der Waals surface area contributed by atoms with Gasteiger partial charge < -0.3 is 14.8 Å². The van der Waals surface area contributed by atoms with Gasteiger partial charge in [0.25, 0.3) is 5.91 Å². The fourth-order valence-electron chi connectivity index (χ4n) is 0.769. The van der Waals surface area contributed by atoms with Crippen LogP contribution in [0.4, 0.5) is 0 Å². The Morgan fingerprint density at radius 3 is 2.29 bits per heavy atom. The van der Waals surface area contributed by atoms with Gasteiger partial charge in [0.1, 0.15) is 0 Å². The molecule has 2 N–H and O–H groups in total. The number of nitrogens with one attached hydrogen (secondary N) is 2. The number of alkyl halides is 3. The molecule has 17 heavy (non-hydrogen) atoms. The molecule has 0 saturated heterocycles. The fourth-order valence-corrected chi connectivity index (χ4v) is 1.34. The molecule has 1 amide bonds. The number of hydrogen-bond acceptors (Lipinski definition) is 5. The van der Waals surface area contributed by atoms with Crippen LogP contribution in [0, 0.1) is 5.53 Å². The zero-order chi connectivity index (χ0) is 13.1. The smallest absolute Gasteiger partial charge is 0.256 e. The summed E-state index contributed by atoms with van der Waals surface area (Å²) < 4.78 is 9.93. The van der Waals surface area contributed by atoms with Crippen molar-refractivity contribution in [3.63, 3.8) is 0 Å². The molecule has 0 unspecified atom stereocenters. The number of amides is 1. The van der Waals surface area contributed by atoms with Crippen LogP contribution >= 0.6 is 67.8 Å². The van der Waals surface area contributed by atoms with Crippen LogP contribution in [0.25, 0.3) is 0 Å². The third kappa shape index (κ3) is 12.0. The minimum absolute atomic E-state index is 0.0174. The second kappa shape index (κ2) is 11.0. The maximum absolute atomic E-state index is 11.4. The molecule has 9 heteroatoms. The van der Waals surface area contributed by atoms with Crippen molar-refractivity contribution in [3.8, 4) is 0 Å². The van der Waals surface area contributed by atoms with E-state index in [2.05, 4.69) is 78.2 Å². The number of rotatable bonds is 10. The molecule has 100 valence electrons. The van der Waals surface area contributed by atoms with Crippen molar-refractivity contribution in [2.45, 2.75) is -0.565 Å².